The second-order valence-electron chi connectivity index (χ2n) is 4.44. The monoisotopic (exact) mass is 186 g/mol. The van der Waals surface area contributed by atoms with Gasteiger partial charge < -0.3 is 21.7 Å². The van der Waals surface area contributed by atoms with E-state index in [-0.39, 0.29) is 18.0 Å². The molecule has 76 valence electrons. The van der Waals surface area contributed by atoms with E-state index in [2.05, 4.69) is 0 Å². The molecule has 0 aromatic heterocycles. The third kappa shape index (κ3) is 1.38. The van der Waals surface area contributed by atoms with Gasteiger partial charge in [0.15, 0.2) is 0 Å². The number of aliphatic hydroxyl groups is 2. The first-order chi connectivity index (χ1) is 6.11. The molecule has 0 spiro atoms. The second-order valence-corrected chi connectivity index (χ2v) is 4.44. The maximum Gasteiger partial charge on any atom is 0.0831 e. The Morgan fingerprint density at radius 3 is 2.15 bits per heavy atom. The van der Waals surface area contributed by atoms with Gasteiger partial charge in [0.1, 0.15) is 0 Å². The number of hydrogen-bond donors (Lipinski definition) is 4. The van der Waals surface area contributed by atoms with Crippen LogP contribution < -0.4 is 11.5 Å². The Labute approximate surface area is 77.9 Å². The third-order valence-electron chi connectivity index (χ3n) is 3.72. The highest BCUT2D eigenvalue weighted by molar-refractivity contribution is 5.01. The van der Waals surface area contributed by atoms with E-state index in [0.717, 1.165) is 12.8 Å². The van der Waals surface area contributed by atoms with E-state index in [1.807, 2.05) is 0 Å². The summed E-state index contributed by atoms with van der Waals surface area (Å²) in [7, 11) is 0. The Morgan fingerprint density at radius 2 is 1.62 bits per heavy atom. The summed E-state index contributed by atoms with van der Waals surface area (Å²) < 4.78 is 0. The van der Waals surface area contributed by atoms with Crippen molar-refractivity contribution in [2.75, 3.05) is 0 Å². The zero-order chi connectivity index (χ0) is 9.59. The van der Waals surface area contributed by atoms with Crippen LogP contribution in [0, 0.1) is 11.8 Å². The molecule has 0 saturated heterocycles. The van der Waals surface area contributed by atoms with Crippen LogP contribution >= 0.6 is 0 Å². The van der Waals surface area contributed by atoms with E-state index in [1.165, 1.54) is 0 Å². The van der Waals surface area contributed by atoms with Gasteiger partial charge in [-0.05, 0) is 31.1 Å². The van der Waals surface area contributed by atoms with Gasteiger partial charge >= 0.3 is 0 Å². The normalized spacial score (nSPS) is 56.3. The SMILES string of the molecule is NC1C2CCC2[C@H](O)C(O)C[C@@H]1N. The smallest absolute Gasteiger partial charge is 0.0831 e. The summed E-state index contributed by atoms with van der Waals surface area (Å²) in [5, 5.41) is 19.3. The standard InChI is InChI=1S/C9H18N2O2/c10-6-3-7(12)9(13)5-2-1-4(5)8(6)11/h4-9,12-13H,1-3,10-11H2/t4?,5?,6-,7?,8?,9-/m0/s1. The van der Waals surface area contributed by atoms with Crippen molar-refractivity contribution < 1.29 is 10.2 Å². The van der Waals surface area contributed by atoms with Crippen molar-refractivity contribution in [1.29, 1.82) is 0 Å². The predicted molar refractivity (Wildman–Crippen MR) is 48.8 cm³/mol. The lowest BCUT2D eigenvalue weighted by atomic mass is 9.67. The van der Waals surface area contributed by atoms with E-state index in [9.17, 15) is 10.2 Å². The van der Waals surface area contributed by atoms with E-state index >= 15 is 0 Å². The van der Waals surface area contributed by atoms with Crippen molar-refractivity contribution >= 4 is 0 Å². The highest BCUT2D eigenvalue weighted by Crippen LogP contribution is 2.42. The van der Waals surface area contributed by atoms with E-state index < -0.39 is 12.2 Å². The molecule has 0 aromatic rings. The van der Waals surface area contributed by atoms with Crippen LogP contribution in [0.2, 0.25) is 0 Å². The molecule has 0 heterocycles. The first-order valence-corrected chi connectivity index (χ1v) is 4.98. The van der Waals surface area contributed by atoms with Gasteiger partial charge in [0.05, 0.1) is 12.2 Å². The van der Waals surface area contributed by atoms with Crippen LogP contribution in [0.4, 0.5) is 0 Å². The number of hydrogen-bond acceptors (Lipinski definition) is 4. The topological polar surface area (TPSA) is 92.5 Å². The molecule has 2 aliphatic rings. The lowest BCUT2D eigenvalue weighted by molar-refractivity contribution is -0.0564. The number of aliphatic hydroxyl groups excluding tert-OH is 2. The molecule has 0 radical (unpaired) electrons. The van der Waals surface area contributed by atoms with Gasteiger partial charge in [0, 0.05) is 12.1 Å². The molecular formula is C9H18N2O2. The number of fused-ring (bicyclic) bond motifs is 1. The maximum atomic E-state index is 9.72. The van der Waals surface area contributed by atoms with Crippen LogP contribution in [0.5, 0.6) is 0 Å². The minimum absolute atomic E-state index is 0.0504. The summed E-state index contributed by atoms with van der Waals surface area (Å²) in [4.78, 5) is 0. The van der Waals surface area contributed by atoms with Crippen LogP contribution in [0.3, 0.4) is 0 Å². The Bertz CT molecular complexity index is 180. The highest BCUT2D eigenvalue weighted by Gasteiger charge is 2.46. The molecule has 2 aliphatic carbocycles. The predicted octanol–water partition coefficient (Wildman–Crippen LogP) is -1.21. The summed E-state index contributed by atoms with van der Waals surface area (Å²) in [6, 6.07) is -0.217. The van der Waals surface area contributed by atoms with Crippen molar-refractivity contribution in [3.8, 4) is 0 Å². The Morgan fingerprint density at radius 1 is 1.00 bits per heavy atom. The second kappa shape index (κ2) is 3.20. The van der Waals surface area contributed by atoms with Crippen LogP contribution in [-0.2, 0) is 0 Å². The lowest BCUT2D eigenvalue weighted by Crippen LogP contribution is -2.51. The highest BCUT2D eigenvalue weighted by atomic mass is 16.3. The van der Waals surface area contributed by atoms with Gasteiger partial charge in [-0.2, -0.15) is 0 Å². The van der Waals surface area contributed by atoms with Crippen LogP contribution in [0.1, 0.15) is 19.3 Å². The van der Waals surface area contributed by atoms with Crippen molar-refractivity contribution in [3.05, 3.63) is 0 Å². The molecule has 0 amide bonds. The Hall–Kier alpha value is -0.160. The fourth-order valence-corrected chi connectivity index (χ4v) is 2.63. The molecule has 2 rings (SSSR count). The number of rotatable bonds is 0. The molecule has 4 nitrogen and oxygen atoms in total. The molecule has 2 saturated carbocycles. The van der Waals surface area contributed by atoms with Gasteiger partial charge in [-0.1, -0.05) is 0 Å². The molecule has 6 atom stereocenters. The zero-order valence-electron chi connectivity index (χ0n) is 7.63. The van der Waals surface area contributed by atoms with Crippen molar-refractivity contribution in [2.24, 2.45) is 23.3 Å². The van der Waals surface area contributed by atoms with Gasteiger partial charge in [0.25, 0.3) is 0 Å². The average molecular weight is 186 g/mol. The summed E-state index contributed by atoms with van der Waals surface area (Å²) >= 11 is 0. The van der Waals surface area contributed by atoms with Crippen LogP contribution in [-0.4, -0.2) is 34.5 Å². The quantitative estimate of drug-likeness (QED) is 0.382. The number of nitrogens with two attached hydrogens (primary N) is 2. The van der Waals surface area contributed by atoms with Gasteiger partial charge in [0.2, 0.25) is 0 Å². The lowest BCUT2D eigenvalue weighted by Gasteiger charge is -2.42. The van der Waals surface area contributed by atoms with E-state index in [1.54, 1.807) is 0 Å². The van der Waals surface area contributed by atoms with Crippen LogP contribution in [0.25, 0.3) is 0 Å². The largest absolute Gasteiger partial charge is 0.390 e. The zero-order valence-corrected chi connectivity index (χ0v) is 7.63. The van der Waals surface area contributed by atoms with Crippen molar-refractivity contribution in [3.63, 3.8) is 0 Å². The van der Waals surface area contributed by atoms with Crippen molar-refractivity contribution in [1.82, 2.24) is 0 Å². The minimum atomic E-state index is -0.684. The molecular weight excluding hydrogens is 168 g/mol. The molecule has 4 heteroatoms. The van der Waals surface area contributed by atoms with Crippen molar-refractivity contribution in [2.45, 2.75) is 43.6 Å². The Kier molecular flexibility index (Phi) is 2.32. The summed E-state index contributed by atoms with van der Waals surface area (Å²) in [5.41, 5.74) is 11.8. The van der Waals surface area contributed by atoms with Gasteiger partial charge in [-0.15, -0.1) is 0 Å². The molecule has 4 unspecified atom stereocenters. The Balaban J connectivity index is 2.14. The first-order valence-electron chi connectivity index (χ1n) is 4.98. The van der Waals surface area contributed by atoms with Crippen LogP contribution in [0.15, 0.2) is 0 Å². The fraction of sp³-hybridized carbons (Fsp3) is 1.00. The maximum absolute atomic E-state index is 9.72. The molecule has 6 N–H and O–H groups in total. The molecule has 13 heavy (non-hydrogen) atoms. The van der Waals surface area contributed by atoms with Gasteiger partial charge in [-0.25, -0.2) is 0 Å². The van der Waals surface area contributed by atoms with Gasteiger partial charge in [-0.3, -0.25) is 0 Å². The molecule has 0 aromatic carbocycles. The summed E-state index contributed by atoms with van der Waals surface area (Å²) in [6.45, 7) is 0. The fourth-order valence-electron chi connectivity index (χ4n) is 2.63. The molecule has 0 bridgehead atoms. The average Bonchev–Trinajstić information content (AvgIpc) is 2.04. The van der Waals surface area contributed by atoms with E-state index in [0.29, 0.717) is 12.3 Å². The molecule has 0 aliphatic heterocycles. The first kappa shape index (κ1) is 9.40. The summed E-state index contributed by atoms with van der Waals surface area (Å²) in [6.07, 6.45) is 1.15. The molecule has 2 fully saturated rings. The third-order valence-corrected chi connectivity index (χ3v) is 3.72. The van der Waals surface area contributed by atoms with E-state index in [4.69, 9.17) is 11.5 Å². The summed E-state index contributed by atoms with van der Waals surface area (Å²) in [5.74, 6) is 0.501. The minimum Gasteiger partial charge on any atom is -0.390 e.